The van der Waals surface area contributed by atoms with E-state index in [9.17, 15) is 4.79 Å². The Labute approximate surface area is 130 Å². The molecule has 22 heavy (non-hydrogen) atoms. The minimum atomic E-state index is -0.162. The van der Waals surface area contributed by atoms with Gasteiger partial charge in [-0.15, -0.1) is 0 Å². The topological polar surface area (TPSA) is 51.5 Å². The van der Waals surface area contributed by atoms with E-state index in [0.29, 0.717) is 24.7 Å². The summed E-state index contributed by atoms with van der Waals surface area (Å²) in [5, 5.41) is 3.02. The van der Waals surface area contributed by atoms with Gasteiger partial charge in [0.15, 0.2) is 5.76 Å². The van der Waals surface area contributed by atoms with Crippen LogP contribution in [0.15, 0.2) is 46.9 Å². The number of furan rings is 1. The molecule has 1 aromatic carbocycles. The Morgan fingerprint density at radius 1 is 1.23 bits per heavy atom. The van der Waals surface area contributed by atoms with Gasteiger partial charge in [0.1, 0.15) is 12.4 Å². The van der Waals surface area contributed by atoms with Gasteiger partial charge in [0.05, 0.1) is 0 Å². The van der Waals surface area contributed by atoms with Gasteiger partial charge in [0, 0.05) is 19.1 Å². The van der Waals surface area contributed by atoms with Crippen molar-refractivity contribution < 1.29 is 13.9 Å². The highest BCUT2D eigenvalue weighted by atomic mass is 16.5. The summed E-state index contributed by atoms with van der Waals surface area (Å²) >= 11 is 0. The Morgan fingerprint density at radius 2 is 2.00 bits per heavy atom. The monoisotopic (exact) mass is 299 g/mol. The largest absolute Gasteiger partial charge is 0.453 e. The molecule has 1 amide bonds. The Morgan fingerprint density at radius 3 is 2.64 bits per heavy atom. The minimum Gasteiger partial charge on any atom is -0.453 e. The van der Waals surface area contributed by atoms with Crippen LogP contribution >= 0.6 is 0 Å². The molecule has 1 heterocycles. The van der Waals surface area contributed by atoms with E-state index in [1.807, 2.05) is 6.07 Å². The first-order chi connectivity index (χ1) is 10.7. The highest BCUT2D eigenvalue weighted by Gasteiger charge is 2.38. The Kier molecular flexibility index (Phi) is 4.29. The molecule has 0 atom stereocenters. The second kappa shape index (κ2) is 6.36. The second-order valence-electron chi connectivity index (χ2n) is 5.88. The first-order valence-corrected chi connectivity index (χ1v) is 7.65. The number of rotatable bonds is 6. The van der Waals surface area contributed by atoms with Crippen LogP contribution in [0.1, 0.15) is 41.1 Å². The average Bonchev–Trinajstić information content (AvgIpc) is 2.96. The zero-order valence-electron chi connectivity index (χ0n) is 12.8. The molecule has 1 aliphatic rings. The normalized spacial score (nSPS) is 16.0. The highest BCUT2D eigenvalue weighted by Crippen LogP contribution is 2.43. The molecule has 0 radical (unpaired) electrons. The van der Waals surface area contributed by atoms with Crippen molar-refractivity contribution in [3.05, 3.63) is 59.5 Å². The van der Waals surface area contributed by atoms with E-state index < -0.39 is 0 Å². The molecule has 0 saturated heterocycles. The van der Waals surface area contributed by atoms with Crippen LogP contribution in [0.2, 0.25) is 0 Å². The van der Waals surface area contributed by atoms with Crippen LogP contribution in [0, 0.1) is 0 Å². The summed E-state index contributed by atoms with van der Waals surface area (Å²) in [6.45, 7) is 1.03. The lowest BCUT2D eigenvalue weighted by Gasteiger charge is -2.42. The Bertz CT molecular complexity index is 629. The van der Waals surface area contributed by atoms with Gasteiger partial charge < -0.3 is 14.5 Å². The van der Waals surface area contributed by atoms with Gasteiger partial charge in [0.2, 0.25) is 0 Å². The van der Waals surface area contributed by atoms with Crippen molar-refractivity contribution in [1.82, 2.24) is 5.32 Å². The summed E-state index contributed by atoms with van der Waals surface area (Å²) in [6, 6.07) is 13.9. The molecule has 116 valence electrons. The first kappa shape index (κ1) is 14.9. The van der Waals surface area contributed by atoms with Gasteiger partial charge in [-0.2, -0.15) is 0 Å². The molecule has 1 saturated carbocycles. The molecule has 4 heteroatoms. The fourth-order valence-electron chi connectivity index (χ4n) is 3.02. The van der Waals surface area contributed by atoms with Gasteiger partial charge in [-0.1, -0.05) is 36.8 Å². The van der Waals surface area contributed by atoms with Crippen LogP contribution in [-0.2, 0) is 16.8 Å². The van der Waals surface area contributed by atoms with Crippen molar-refractivity contribution in [2.24, 2.45) is 0 Å². The first-order valence-electron chi connectivity index (χ1n) is 7.65. The zero-order chi connectivity index (χ0) is 15.4. The molecule has 1 fully saturated rings. The minimum absolute atomic E-state index is 0.0822. The van der Waals surface area contributed by atoms with Crippen molar-refractivity contribution in [1.29, 1.82) is 0 Å². The van der Waals surface area contributed by atoms with Crippen LogP contribution in [0.5, 0.6) is 0 Å². The van der Waals surface area contributed by atoms with Crippen LogP contribution in [0.3, 0.4) is 0 Å². The van der Waals surface area contributed by atoms with Gasteiger partial charge in [-0.3, -0.25) is 4.79 Å². The summed E-state index contributed by atoms with van der Waals surface area (Å²) in [5.74, 6) is 0.841. The molecule has 0 aliphatic heterocycles. The summed E-state index contributed by atoms with van der Waals surface area (Å²) < 4.78 is 10.5. The van der Waals surface area contributed by atoms with E-state index in [1.54, 1.807) is 19.2 Å². The third kappa shape index (κ3) is 2.92. The highest BCUT2D eigenvalue weighted by molar-refractivity contribution is 5.91. The number of ether oxygens (including phenoxy) is 1. The van der Waals surface area contributed by atoms with E-state index in [0.717, 1.165) is 12.8 Å². The number of amides is 1. The molecule has 0 bridgehead atoms. The van der Waals surface area contributed by atoms with Crippen molar-refractivity contribution in [2.75, 3.05) is 13.7 Å². The number of nitrogens with one attached hydrogen (secondary N) is 1. The van der Waals surface area contributed by atoms with E-state index in [1.165, 1.54) is 12.0 Å². The lowest BCUT2D eigenvalue weighted by molar-refractivity contribution is 0.0891. The quantitative estimate of drug-likeness (QED) is 0.890. The maximum atomic E-state index is 12.2. The predicted octanol–water partition coefficient (Wildman–Crippen LogP) is 3.28. The molecule has 0 unspecified atom stereocenters. The number of hydrogen-bond donors (Lipinski definition) is 1. The summed E-state index contributed by atoms with van der Waals surface area (Å²) in [6.07, 6.45) is 3.44. The van der Waals surface area contributed by atoms with E-state index in [4.69, 9.17) is 9.15 Å². The number of carbonyl (C=O) groups excluding carboxylic acids is 1. The standard InChI is InChI=1S/C18H21NO3/c1-21-12-15-8-9-16(22-15)17(20)19-13-18(10-5-11-18)14-6-3-2-4-7-14/h2-4,6-9H,5,10-13H2,1H3,(H,19,20). The number of methoxy groups -OCH3 is 1. The van der Waals surface area contributed by atoms with Crippen LogP contribution in [-0.4, -0.2) is 19.6 Å². The smallest absolute Gasteiger partial charge is 0.287 e. The second-order valence-corrected chi connectivity index (χ2v) is 5.88. The van der Waals surface area contributed by atoms with Crippen molar-refractivity contribution in [2.45, 2.75) is 31.3 Å². The van der Waals surface area contributed by atoms with Crippen molar-refractivity contribution in [3.8, 4) is 0 Å². The third-order valence-corrected chi connectivity index (χ3v) is 4.46. The van der Waals surface area contributed by atoms with Gasteiger partial charge in [-0.05, 0) is 30.5 Å². The van der Waals surface area contributed by atoms with Crippen molar-refractivity contribution in [3.63, 3.8) is 0 Å². The molecular weight excluding hydrogens is 278 g/mol. The summed E-state index contributed by atoms with van der Waals surface area (Å²) in [5.41, 5.74) is 1.39. The Hall–Kier alpha value is -2.07. The van der Waals surface area contributed by atoms with Crippen LogP contribution < -0.4 is 5.32 Å². The maximum absolute atomic E-state index is 12.2. The SMILES string of the molecule is COCc1ccc(C(=O)NCC2(c3ccccc3)CCC2)o1. The van der Waals surface area contributed by atoms with Gasteiger partial charge in [0.25, 0.3) is 5.91 Å². The van der Waals surface area contributed by atoms with Crippen LogP contribution in [0.4, 0.5) is 0 Å². The molecule has 3 rings (SSSR count). The molecule has 2 aromatic rings. The fraction of sp³-hybridized carbons (Fsp3) is 0.389. The van der Waals surface area contributed by atoms with Crippen LogP contribution in [0.25, 0.3) is 0 Å². The van der Waals surface area contributed by atoms with Gasteiger partial charge in [-0.25, -0.2) is 0 Å². The summed E-state index contributed by atoms with van der Waals surface area (Å²) in [4.78, 5) is 12.2. The maximum Gasteiger partial charge on any atom is 0.287 e. The number of hydrogen-bond acceptors (Lipinski definition) is 3. The fourth-order valence-corrected chi connectivity index (χ4v) is 3.02. The molecule has 1 aromatic heterocycles. The van der Waals surface area contributed by atoms with E-state index >= 15 is 0 Å². The Balaban J connectivity index is 1.64. The predicted molar refractivity (Wildman–Crippen MR) is 83.7 cm³/mol. The van der Waals surface area contributed by atoms with Crippen molar-refractivity contribution >= 4 is 5.91 Å². The molecular formula is C18H21NO3. The lowest BCUT2D eigenvalue weighted by atomic mass is 9.64. The average molecular weight is 299 g/mol. The van der Waals surface area contributed by atoms with E-state index in [2.05, 4.69) is 29.6 Å². The zero-order valence-corrected chi connectivity index (χ0v) is 12.8. The third-order valence-electron chi connectivity index (χ3n) is 4.46. The molecule has 1 aliphatic carbocycles. The summed E-state index contributed by atoms with van der Waals surface area (Å²) in [7, 11) is 1.60. The number of carbonyl (C=O) groups is 1. The van der Waals surface area contributed by atoms with Gasteiger partial charge >= 0.3 is 0 Å². The number of benzene rings is 1. The lowest BCUT2D eigenvalue weighted by Crippen LogP contribution is -2.45. The molecule has 4 nitrogen and oxygen atoms in total. The molecule has 0 spiro atoms. The molecule has 1 N–H and O–H groups in total. The van der Waals surface area contributed by atoms with E-state index in [-0.39, 0.29) is 11.3 Å².